The van der Waals surface area contributed by atoms with Gasteiger partial charge in [0.15, 0.2) is 5.13 Å². The first kappa shape index (κ1) is 15.2. The van der Waals surface area contributed by atoms with Gasteiger partial charge in [-0.25, -0.2) is 9.78 Å². The quantitative estimate of drug-likeness (QED) is 0.813. The van der Waals surface area contributed by atoms with Crippen LogP contribution in [0.5, 0.6) is 0 Å². The number of morpholine rings is 1. The Kier molecular flexibility index (Phi) is 5.75. The molecule has 6 nitrogen and oxygen atoms in total. The summed E-state index contributed by atoms with van der Waals surface area (Å²) in [6.07, 6.45) is 3.19. The van der Waals surface area contributed by atoms with Crippen LogP contribution in [0.4, 0.5) is 9.93 Å². The van der Waals surface area contributed by atoms with Gasteiger partial charge in [-0.15, -0.1) is 11.3 Å². The predicted octanol–water partition coefficient (Wildman–Crippen LogP) is 1.76. The molecule has 1 fully saturated rings. The summed E-state index contributed by atoms with van der Waals surface area (Å²) in [6.45, 7) is 7.78. The predicted molar refractivity (Wildman–Crippen MR) is 80.2 cm³/mol. The van der Waals surface area contributed by atoms with E-state index in [0.717, 1.165) is 26.1 Å². The third kappa shape index (κ3) is 5.07. The molecule has 0 aromatic carbocycles. The van der Waals surface area contributed by atoms with Crippen molar-refractivity contribution >= 4 is 22.5 Å². The molecule has 0 spiro atoms. The molecule has 2 atom stereocenters. The highest BCUT2D eigenvalue weighted by Crippen LogP contribution is 2.11. The van der Waals surface area contributed by atoms with E-state index in [1.54, 1.807) is 6.20 Å². The molecule has 1 aromatic heterocycles. The lowest BCUT2D eigenvalue weighted by molar-refractivity contribution is -0.0679. The molecule has 2 heterocycles. The van der Waals surface area contributed by atoms with Crippen molar-refractivity contribution in [2.45, 2.75) is 32.5 Å². The number of nitrogens with zero attached hydrogens (tertiary/aromatic N) is 2. The Morgan fingerprint density at radius 2 is 2.25 bits per heavy atom. The van der Waals surface area contributed by atoms with Gasteiger partial charge in [0.2, 0.25) is 0 Å². The lowest BCUT2D eigenvalue weighted by Crippen LogP contribution is -2.46. The molecule has 0 saturated carbocycles. The fourth-order valence-corrected chi connectivity index (χ4v) is 2.92. The molecule has 2 unspecified atom stereocenters. The largest absolute Gasteiger partial charge is 0.373 e. The van der Waals surface area contributed by atoms with Crippen molar-refractivity contribution in [3.63, 3.8) is 0 Å². The SMILES string of the molecule is CC1CN(CCCNC(=O)Nc2nccs2)CC(C)O1. The number of rotatable bonds is 5. The minimum Gasteiger partial charge on any atom is -0.373 e. The minimum atomic E-state index is -0.191. The maximum atomic E-state index is 11.6. The molecule has 20 heavy (non-hydrogen) atoms. The van der Waals surface area contributed by atoms with Gasteiger partial charge in [-0.1, -0.05) is 0 Å². The fraction of sp³-hybridized carbons (Fsp3) is 0.692. The number of hydrogen-bond donors (Lipinski definition) is 2. The summed E-state index contributed by atoms with van der Waals surface area (Å²) in [5.41, 5.74) is 0. The van der Waals surface area contributed by atoms with Crippen LogP contribution in [0.1, 0.15) is 20.3 Å². The molecule has 7 heteroatoms. The molecule has 0 aliphatic carbocycles. The van der Waals surface area contributed by atoms with Gasteiger partial charge >= 0.3 is 6.03 Å². The zero-order chi connectivity index (χ0) is 14.4. The second kappa shape index (κ2) is 7.56. The van der Waals surface area contributed by atoms with E-state index in [-0.39, 0.29) is 6.03 Å². The Labute approximate surface area is 123 Å². The summed E-state index contributed by atoms with van der Waals surface area (Å²) in [5, 5.41) is 7.99. The molecule has 0 radical (unpaired) electrons. The van der Waals surface area contributed by atoms with Crippen molar-refractivity contribution in [2.75, 3.05) is 31.5 Å². The second-order valence-corrected chi connectivity index (χ2v) is 5.98. The zero-order valence-corrected chi connectivity index (χ0v) is 12.8. The topological polar surface area (TPSA) is 66.5 Å². The van der Waals surface area contributed by atoms with Gasteiger partial charge < -0.3 is 10.1 Å². The summed E-state index contributed by atoms with van der Waals surface area (Å²) in [5.74, 6) is 0. The van der Waals surface area contributed by atoms with Gasteiger partial charge in [0, 0.05) is 37.8 Å². The molecule has 2 N–H and O–H groups in total. The van der Waals surface area contributed by atoms with Crippen LogP contribution in [0.3, 0.4) is 0 Å². The van der Waals surface area contributed by atoms with E-state index in [9.17, 15) is 4.79 Å². The number of urea groups is 1. The van der Waals surface area contributed by atoms with E-state index < -0.39 is 0 Å². The van der Waals surface area contributed by atoms with Crippen molar-refractivity contribution in [3.8, 4) is 0 Å². The number of ether oxygens (including phenoxy) is 1. The molecule has 1 aliphatic heterocycles. The first-order chi connectivity index (χ1) is 9.63. The monoisotopic (exact) mass is 298 g/mol. The Hall–Kier alpha value is -1.18. The van der Waals surface area contributed by atoms with Crippen molar-refractivity contribution in [1.82, 2.24) is 15.2 Å². The Balaban J connectivity index is 1.58. The molecule has 1 aliphatic rings. The first-order valence-corrected chi connectivity index (χ1v) is 7.83. The summed E-state index contributed by atoms with van der Waals surface area (Å²) in [4.78, 5) is 18.0. The van der Waals surface area contributed by atoms with E-state index >= 15 is 0 Å². The number of thiazole rings is 1. The van der Waals surface area contributed by atoms with Crippen LogP contribution >= 0.6 is 11.3 Å². The van der Waals surface area contributed by atoms with Crippen LogP contribution in [0.2, 0.25) is 0 Å². The Morgan fingerprint density at radius 3 is 2.90 bits per heavy atom. The molecular weight excluding hydrogens is 276 g/mol. The molecule has 0 bridgehead atoms. The van der Waals surface area contributed by atoms with E-state index in [1.807, 2.05) is 5.38 Å². The van der Waals surface area contributed by atoms with Crippen LogP contribution in [0.15, 0.2) is 11.6 Å². The normalized spacial score (nSPS) is 23.5. The second-order valence-electron chi connectivity index (χ2n) is 5.09. The number of carbonyl (C=O) groups excluding carboxylic acids is 1. The van der Waals surface area contributed by atoms with Gasteiger partial charge in [0.1, 0.15) is 0 Å². The molecule has 1 saturated heterocycles. The van der Waals surface area contributed by atoms with E-state index in [2.05, 4.69) is 34.4 Å². The lowest BCUT2D eigenvalue weighted by Gasteiger charge is -2.35. The summed E-state index contributed by atoms with van der Waals surface area (Å²) < 4.78 is 5.69. The molecule has 2 rings (SSSR count). The van der Waals surface area contributed by atoms with Gasteiger partial charge in [-0.05, 0) is 20.3 Å². The van der Waals surface area contributed by atoms with Gasteiger partial charge in [0.05, 0.1) is 12.2 Å². The molecular formula is C13H22N4O2S. The number of hydrogen-bond acceptors (Lipinski definition) is 5. The maximum Gasteiger partial charge on any atom is 0.321 e. The third-order valence-electron chi connectivity index (χ3n) is 3.08. The van der Waals surface area contributed by atoms with Crippen molar-refractivity contribution in [2.24, 2.45) is 0 Å². The molecule has 1 aromatic rings. The highest BCUT2D eigenvalue weighted by atomic mass is 32.1. The molecule has 112 valence electrons. The van der Waals surface area contributed by atoms with Crippen molar-refractivity contribution < 1.29 is 9.53 Å². The molecule has 2 amide bonds. The number of amides is 2. The first-order valence-electron chi connectivity index (χ1n) is 6.95. The standard InChI is InChI=1S/C13H22N4O2S/c1-10-8-17(9-11(2)19-10)6-3-4-14-12(18)16-13-15-5-7-20-13/h5,7,10-11H,3-4,6,8-9H2,1-2H3,(H2,14,15,16,18). The van der Waals surface area contributed by atoms with E-state index in [4.69, 9.17) is 4.74 Å². The summed E-state index contributed by atoms with van der Waals surface area (Å²) in [6, 6.07) is -0.191. The van der Waals surface area contributed by atoms with Crippen molar-refractivity contribution in [3.05, 3.63) is 11.6 Å². The highest BCUT2D eigenvalue weighted by molar-refractivity contribution is 7.13. The fourth-order valence-electron chi connectivity index (χ4n) is 2.40. The lowest BCUT2D eigenvalue weighted by atomic mass is 10.2. The maximum absolute atomic E-state index is 11.6. The number of anilines is 1. The van der Waals surface area contributed by atoms with Crippen LogP contribution in [-0.4, -0.2) is 54.3 Å². The van der Waals surface area contributed by atoms with Crippen molar-refractivity contribution in [1.29, 1.82) is 0 Å². The van der Waals surface area contributed by atoms with Gasteiger partial charge in [-0.2, -0.15) is 0 Å². The zero-order valence-electron chi connectivity index (χ0n) is 12.0. The number of nitrogens with one attached hydrogen (secondary N) is 2. The van der Waals surface area contributed by atoms with Gasteiger partial charge in [0.25, 0.3) is 0 Å². The number of carbonyl (C=O) groups is 1. The summed E-state index contributed by atoms with van der Waals surface area (Å²) >= 11 is 1.41. The average Bonchev–Trinajstić information content (AvgIpc) is 2.86. The summed E-state index contributed by atoms with van der Waals surface area (Å²) in [7, 11) is 0. The highest BCUT2D eigenvalue weighted by Gasteiger charge is 2.21. The van der Waals surface area contributed by atoms with Crippen LogP contribution in [-0.2, 0) is 4.74 Å². The van der Waals surface area contributed by atoms with Gasteiger partial charge in [-0.3, -0.25) is 10.2 Å². The Bertz CT molecular complexity index is 403. The average molecular weight is 298 g/mol. The van der Waals surface area contributed by atoms with E-state index in [0.29, 0.717) is 23.9 Å². The third-order valence-corrected chi connectivity index (χ3v) is 3.77. The van der Waals surface area contributed by atoms with Crippen LogP contribution in [0, 0.1) is 0 Å². The van der Waals surface area contributed by atoms with Crippen LogP contribution in [0.25, 0.3) is 0 Å². The van der Waals surface area contributed by atoms with Crippen LogP contribution < -0.4 is 10.6 Å². The van der Waals surface area contributed by atoms with E-state index in [1.165, 1.54) is 11.3 Å². The smallest absolute Gasteiger partial charge is 0.321 e. The number of aromatic nitrogens is 1. The Morgan fingerprint density at radius 1 is 1.50 bits per heavy atom. The minimum absolute atomic E-state index is 0.191.